The Labute approximate surface area is 112 Å². The molecule has 94 valence electrons. The van der Waals surface area contributed by atoms with Crippen molar-refractivity contribution in [2.75, 3.05) is 5.32 Å². The summed E-state index contributed by atoms with van der Waals surface area (Å²) in [5.41, 5.74) is 1.51. The molecule has 0 aliphatic heterocycles. The zero-order valence-corrected chi connectivity index (χ0v) is 11.2. The van der Waals surface area contributed by atoms with Crippen LogP contribution in [0, 0.1) is 10.1 Å². The molecular formula is C11H11BrN4O2. The predicted octanol–water partition coefficient (Wildman–Crippen LogP) is 2.70. The number of anilines is 1. The van der Waals surface area contributed by atoms with Gasteiger partial charge in [0.05, 0.1) is 11.1 Å². The van der Waals surface area contributed by atoms with Gasteiger partial charge in [0, 0.05) is 35.9 Å². The maximum absolute atomic E-state index is 10.9. The number of rotatable bonds is 4. The third-order valence-corrected chi connectivity index (χ3v) is 2.89. The van der Waals surface area contributed by atoms with E-state index in [1.165, 1.54) is 6.07 Å². The van der Waals surface area contributed by atoms with Gasteiger partial charge in [-0.1, -0.05) is 15.9 Å². The third-order valence-electron chi connectivity index (χ3n) is 2.40. The lowest BCUT2D eigenvalue weighted by atomic mass is 10.2. The maximum Gasteiger partial charge on any atom is 0.293 e. The van der Waals surface area contributed by atoms with E-state index >= 15 is 0 Å². The molecule has 1 aromatic heterocycles. The average molecular weight is 311 g/mol. The van der Waals surface area contributed by atoms with Crippen LogP contribution in [0.4, 0.5) is 11.4 Å². The van der Waals surface area contributed by atoms with Crippen molar-refractivity contribution in [1.82, 2.24) is 9.78 Å². The minimum atomic E-state index is -0.406. The highest BCUT2D eigenvalue weighted by atomic mass is 79.9. The minimum Gasteiger partial charge on any atom is -0.375 e. The Balaban J connectivity index is 2.16. The molecule has 0 spiro atoms. The number of hydrogen-bond acceptors (Lipinski definition) is 4. The van der Waals surface area contributed by atoms with Crippen LogP contribution >= 0.6 is 15.9 Å². The predicted molar refractivity (Wildman–Crippen MR) is 71.3 cm³/mol. The summed E-state index contributed by atoms with van der Waals surface area (Å²) in [6.45, 7) is 0.496. The number of benzene rings is 1. The SMILES string of the molecule is Cn1cc(CNc2ccc(Br)cc2[N+](=O)[O-])cn1. The van der Waals surface area contributed by atoms with Gasteiger partial charge in [-0.3, -0.25) is 14.8 Å². The van der Waals surface area contributed by atoms with Crippen molar-refractivity contribution in [2.24, 2.45) is 7.05 Å². The van der Waals surface area contributed by atoms with E-state index in [0.29, 0.717) is 16.7 Å². The molecule has 0 radical (unpaired) electrons. The zero-order valence-electron chi connectivity index (χ0n) is 9.63. The molecule has 6 nitrogen and oxygen atoms in total. The van der Waals surface area contributed by atoms with Gasteiger partial charge in [-0.15, -0.1) is 0 Å². The summed E-state index contributed by atoms with van der Waals surface area (Å²) in [7, 11) is 1.82. The second-order valence-corrected chi connectivity index (χ2v) is 4.71. The molecule has 0 saturated heterocycles. The van der Waals surface area contributed by atoms with E-state index in [0.717, 1.165) is 5.56 Å². The molecule has 0 amide bonds. The smallest absolute Gasteiger partial charge is 0.293 e. The molecule has 0 bridgehead atoms. The molecule has 2 rings (SSSR count). The molecular weight excluding hydrogens is 300 g/mol. The number of nitrogens with one attached hydrogen (secondary N) is 1. The Morgan fingerprint density at radius 2 is 2.33 bits per heavy atom. The number of aryl methyl sites for hydroxylation is 1. The van der Waals surface area contributed by atoms with Gasteiger partial charge < -0.3 is 5.32 Å². The van der Waals surface area contributed by atoms with Gasteiger partial charge in [-0.2, -0.15) is 5.10 Å². The lowest BCUT2D eigenvalue weighted by Crippen LogP contribution is -2.02. The van der Waals surface area contributed by atoms with Crippen molar-refractivity contribution in [1.29, 1.82) is 0 Å². The van der Waals surface area contributed by atoms with Gasteiger partial charge in [0.25, 0.3) is 5.69 Å². The van der Waals surface area contributed by atoms with E-state index in [-0.39, 0.29) is 5.69 Å². The van der Waals surface area contributed by atoms with Gasteiger partial charge >= 0.3 is 0 Å². The van der Waals surface area contributed by atoms with Crippen molar-refractivity contribution in [3.63, 3.8) is 0 Å². The van der Waals surface area contributed by atoms with Crippen molar-refractivity contribution in [2.45, 2.75) is 6.54 Å². The number of nitro groups is 1. The number of aromatic nitrogens is 2. The summed E-state index contributed by atoms with van der Waals surface area (Å²) in [4.78, 5) is 10.5. The second kappa shape index (κ2) is 5.18. The van der Waals surface area contributed by atoms with E-state index < -0.39 is 4.92 Å². The fourth-order valence-electron chi connectivity index (χ4n) is 1.57. The van der Waals surface area contributed by atoms with E-state index in [1.54, 1.807) is 23.0 Å². The molecule has 1 heterocycles. The normalized spacial score (nSPS) is 10.3. The summed E-state index contributed by atoms with van der Waals surface area (Å²) in [5, 5.41) is 18.0. The van der Waals surface area contributed by atoms with Gasteiger partial charge in [0.1, 0.15) is 5.69 Å². The molecule has 0 fully saturated rings. The van der Waals surface area contributed by atoms with Crippen LogP contribution in [0.5, 0.6) is 0 Å². The Bertz CT molecular complexity index is 582. The lowest BCUT2D eigenvalue weighted by Gasteiger charge is -2.05. The Morgan fingerprint density at radius 1 is 1.56 bits per heavy atom. The molecule has 0 saturated carbocycles. The minimum absolute atomic E-state index is 0.0493. The fourth-order valence-corrected chi connectivity index (χ4v) is 1.91. The summed E-state index contributed by atoms with van der Waals surface area (Å²) >= 11 is 3.22. The van der Waals surface area contributed by atoms with Crippen LogP contribution in [0.15, 0.2) is 35.1 Å². The summed E-state index contributed by atoms with van der Waals surface area (Å²) in [5.74, 6) is 0. The van der Waals surface area contributed by atoms with E-state index in [4.69, 9.17) is 0 Å². The Kier molecular flexibility index (Phi) is 3.61. The molecule has 0 aliphatic carbocycles. The lowest BCUT2D eigenvalue weighted by molar-refractivity contribution is -0.384. The van der Waals surface area contributed by atoms with E-state index in [1.807, 2.05) is 13.2 Å². The molecule has 7 heteroatoms. The molecule has 1 aromatic carbocycles. The van der Waals surface area contributed by atoms with Crippen LogP contribution in [0.1, 0.15) is 5.56 Å². The van der Waals surface area contributed by atoms with Gasteiger partial charge in [0.2, 0.25) is 0 Å². The van der Waals surface area contributed by atoms with Crippen LogP contribution in [0.25, 0.3) is 0 Å². The topological polar surface area (TPSA) is 73.0 Å². The first-order valence-electron chi connectivity index (χ1n) is 5.21. The van der Waals surface area contributed by atoms with Crippen LogP contribution in [-0.4, -0.2) is 14.7 Å². The van der Waals surface area contributed by atoms with Gasteiger partial charge in [-0.25, -0.2) is 0 Å². The van der Waals surface area contributed by atoms with Crippen molar-refractivity contribution in [3.8, 4) is 0 Å². The Hall–Kier alpha value is -1.89. The number of halogens is 1. The van der Waals surface area contributed by atoms with Crippen LogP contribution in [0.3, 0.4) is 0 Å². The van der Waals surface area contributed by atoms with Crippen LogP contribution < -0.4 is 5.32 Å². The van der Waals surface area contributed by atoms with Crippen molar-refractivity contribution >= 4 is 27.3 Å². The first kappa shape index (κ1) is 12.6. The number of hydrogen-bond donors (Lipinski definition) is 1. The molecule has 0 atom stereocenters. The highest BCUT2D eigenvalue weighted by Gasteiger charge is 2.13. The first-order valence-corrected chi connectivity index (χ1v) is 6.01. The number of nitro benzene ring substituents is 1. The average Bonchev–Trinajstić information content (AvgIpc) is 2.73. The summed E-state index contributed by atoms with van der Waals surface area (Å²) < 4.78 is 2.37. The highest BCUT2D eigenvalue weighted by molar-refractivity contribution is 9.10. The molecule has 2 aromatic rings. The van der Waals surface area contributed by atoms with E-state index in [9.17, 15) is 10.1 Å². The zero-order chi connectivity index (χ0) is 13.1. The fraction of sp³-hybridized carbons (Fsp3) is 0.182. The standard InChI is InChI=1S/C11H11BrN4O2/c1-15-7-8(6-14-15)5-13-10-3-2-9(12)4-11(10)16(17)18/h2-4,6-7,13H,5H2,1H3. The van der Waals surface area contributed by atoms with Crippen molar-refractivity contribution in [3.05, 3.63) is 50.7 Å². The molecule has 1 N–H and O–H groups in total. The summed E-state index contributed by atoms with van der Waals surface area (Å²) in [6.07, 6.45) is 3.58. The Morgan fingerprint density at radius 3 is 2.94 bits per heavy atom. The molecule has 0 unspecified atom stereocenters. The van der Waals surface area contributed by atoms with Crippen LogP contribution in [-0.2, 0) is 13.6 Å². The highest BCUT2D eigenvalue weighted by Crippen LogP contribution is 2.28. The van der Waals surface area contributed by atoms with Gasteiger partial charge in [-0.05, 0) is 12.1 Å². The third kappa shape index (κ3) is 2.86. The largest absolute Gasteiger partial charge is 0.375 e. The second-order valence-electron chi connectivity index (χ2n) is 3.79. The van der Waals surface area contributed by atoms with Crippen molar-refractivity contribution < 1.29 is 4.92 Å². The molecule has 18 heavy (non-hydrogen) atoms. The molecule has 0 aliphatic rings. The monoisotopic (exact) mass is 310 g/mol. The number of nitrogens with zero attached hydrogens (tertiary/aromatic N) is 3. The van der Waals surface area contributed by atoms with Gasteiger partial charge in [0.15, 0.2) is 0 Å². The van der Waals surface area contributed by atoms with E-state index in [2.05, 4.69) is 26.3 Å². The first-order chi connectivity index (χ1) is 8.56. The summed E-state index contributed by atoms with van der Waals surface area (Å²) in [6, 6.07) is 4.92. The quantitative estimate of drug-likeness (QED) is 0.696. The maximum atomic E-state index is 10.9. The van der Waals surface area contributed by atoms with Crippen LogP contribution in [0.2, 0.25) is 0 Å².